The minimum atomic E-state index is -0.397. The molecule has 0 radical (unpaired) electrons. The van der Waals surface area contributed by atoms with E-state index in [1.54, 1.807) is 24.3 Å². The van der Waals surface area contributed by atoms with Crippen LogP contribution in [0.5, 0.6) is 5.75 Å². The summed E-state index contributed by atoms with van der Waals surface area (Å²) in [6.07, 6.45) is 0. The number of phenols is 1. The molecule has 0 atom stereocenters. The topological polar surface area (TPSA) is 59.2 Å². The van der Waals surface area contributed by atoms with E-state index in [0.717, 1.165) is 5.56 Å². The number of hydrogen-bond acceptors (Lipinski definition) is 4. The largest absolute Gasteiger partial charge is 0.508 e. The maximum Gasteiger partial charge on any atom is 0.261 e. The van der Waals surface area contributed by atoms with Crippen LogP contribution < -0.4 is 0 Å². The lowest BCUT2D eigenvalue weighted by atomic mass is 10.1. The number of halogens is 1. The molecule has 0 bridgehead atoms. The summed E-state index contributed by atoms with van der Waals surface area (Å²) in [6, 6.07) is 11.2. The Morgan fingerprint density at radius 1 is 1.10 bits per heavy atom. The van der Waals surface area contributed by atoms with Crippen molar-refractivity contribution in [3.05, 3.63) is 53.8 Å². The predicted molar refractivity (Wildman–Crippen MR) is 71.5 cm³/mol. The molecule has 0 saturated heterocycles. The molecule has 0 fully saturated rings. The first-order valence-corrected chi connectivity index (χ1v) is 6.03. The molecule has 20 heavy (non-hydrogen) atoms. The van der Waals surface area contributed by atoms with Crippen molar-refractivity contribution in [1.82, 2.24) is 10.1 Å². The zero-order valence-corrected chi connectivity index (χ0v) is 10.7. The van der Waals surface area contributed by atoms with Crippen molar-refractivity contribution < 1.29 is 14.0 Å². The third-order valence-electron chi connectivity index (χ3n) is 2.91. The molecule has 0 aliphatic carbocycles. The quantitative estimate of drug-likeness (QED) is 0.773. The van der Waals surface area contributed by atoms with E-state index in [4.69, 9.17) is 4.52 Å². The Bertz CT molecular complexity index is 751. The highest BCUT2D eigenvalue weighted by Gasteiger charge is 2.14. The molecular weight excluding hydrogens is 259 g/mol. The van der Waals surface area contributed by atoms with Crippen LogP contribution in [0.3, 0.4) is 0 Å². The number of nitrogens with zero attached hydrogens (tertiary/aromatic N) is 2. The Morgan fingerprint density at radius 2 is 1.85 bits per heavy atom. The minimum Gasteiger partial charge on any atom is -0.508 e. The lowest BCUT2D eigenvalue weighted by Gasteiger charge is -1.98. The van der Waals surface area contributed by atoms with E-state index in [2.05, 4.69) is 10.1 Å². The Kier molecular flexibility index (Phi) is 2.95. The second-order valence-corrected chi connectivity index (χ2v) is 4.45. The fourth-order valence-electron chi connectivity index (χ4n) is 1.85. The molecule has 1 heterocycles. The van der Waals surface area contributed by atoms with Gasteiger partial charge in [-0.05, 0) is 48.9 Å². The van der Waals surface area contributed by atoms with Gasteiger partial charge in [0, 0.05) is 5.56 Å². The van der Waals surface area contributed by atoms with Crippen molar-refractivity contribution in [2.45, 2.75) is 6.92 Å². The van der Waals surface area contributed by atoms with Gasteiger partial charge < -0.3 is 9.63 Å². The number of aryl methyl sites for hydroxylation is 1. The van der Waals surface area contributed by atoms with E-state index in [9.17, 15) is 9.50 Å². The summed E-state index contributed by atoms with van der Waals surface area (Å²) in [5.74, 6) is 0.235. The van der Waals surface area contributed by atoms with Crippen LogP contribution in [0.2, 0.25) is 0 Å². The molecule has 0 spiro atoms. The SMILES string of the molecule is Cc1ccc(-c2nc(-c3ccc(O)cc3)no2)c(F)c1. The third kappa shape index (κ3) is 2.25. The van der Waals surface area contributed by atoms with E-state index in [0.29, 0.717) is 11.4 Å². The molecule has 0 saturated carbocycles. The summed E-state index contributed by atoms with van der Waals surface area (Å²) in [5, 5.41) is 13.1. The molecule has 5 heteroatoms. The number of hydrogen-bond donors (Lipinski definition) is 1. The normalized spacial score (nSPS) is 10.7. The van der Waals surface area contributed by atoms with Crippen LogP contribution >= 0.6 is 0 Å². The third-order valence-corrected chi connectivity index (χ3v) is 2.91. The van der Waals surface area contributed by atoms with Crippen molar-refractivity contribution in [2.24, 2.45) is 0 Å². The van der Waals surface area contributed by atoms with E-state index >= 15 is 0 Å². The number of phenolic OH excluding ortho intramolecular Hbond substituents is 1. The van der Waals surface area contributed by atoms with Crippen molar-refractivity contribution in [1.29, 1.82) is 0 Å². The van der Waals surface area contributed by atoms with Crippen molar-refractivity contribution in [3.8, 4) is 28.6 Å². The summed E-state index contributed by atoms with van der Waals surface area (Å²) in [7, 11) is 0. The molecule has 100 valence electrons. The first-order valence-electron chi connectivity index (χ1n) is 6.03. The molecule has 4 nitrogen and oxygen atoms in total. The first kappa shape index (κ1) is 12.3. The highest BCUT2D eigenvalue weighted by Crippen LogP contribution is 2.25. The van der Waals surface area contributed by atoms with Crippen LogP contribution in [0.4, 0.5) is 4.39 Å². The molecule has 3 rings (SSSR count). The van der Waals surface area contributed by atoms with Gasteiger partial charge in [0.1, 0.15) is 11.6 Å². The first-order chi connectivity index (χ1) is 9.63. The van der Waals surface area contributed by atoms with Crippen molar-refractivity contribution in [2.75, 3.05) is 0 Å². The maximum absolute atomic E-state index is 13.8. The Morgan fingerprint density at radius 3 is 2.55 bits per heavy atom. The molecule has 1 N–H and O–H groups in total. The van der Waals surface area contributed by atoms with Gasteiger partial charge >= 0.3 is 0 Å². The van der Waals surface area contributed by atoms with E-state index < -0.39 is 5.82 Å². The molecule has 0 aliphatic heterocycles. The van der Waals surface area contributed by atoms with E-state index in [-0.39, 0.29) is 17.2 Å². The van der Waals surface area contributed by atoms with Crippen LogP contribution in [-0.2, 0) is 0 Å². The number of rotatable bonds is 2. The van der Waals surface area contributed by atoms with Crippen LogP contribution in [0.15, 0.2) is 47.0 Å². The predicted octanol–water partition coefficient (Wildman–Crippen LogP) is 3.56. The van der Waals surface area contributed by atoms with Crippen molar-refractivity contribution in [3.63, 3.8) is 0 Å². The minimum absolute atomic E-state index is 0.130. The number of benzene rings is 2. The van der Waals surface area contributed by atoms with Crippen LogP contribution in [0, 0.1) is 12.7 Å². The lowest BCUT2D eigenvalue weighted by Crippen LogP contribution is -1.86. The summed E-state index contributed by atoms with van der Waals surface area (Å²) in [5.41, 5.74) is 1.78. The molecule has 1 aromatic heterocycles. The van der Waals surface area contributed by atoms with Crippen LogP contribution in [0.25, 0.3) is 22.8 Å². The molecule has 2 aromatic carbocycles. The van der Waals surface area contributed by atoms with E-state index in [1.165, 1.54) is 18.2 Å². The second-order valence-electron chi connectivity index (χ2n) is 4.45. The smallest absolute Gasteiger partial charge is 0.261 e. The van der Waals surface area contributed by atoms with Crippen LogP contribution in [0.1, 0.15) is 5.56 Å². The zero-order chi connectivity index (χ0) is 14.1. The van der Waals surface area contributed by atoms with Gasteiger partial charge in [-0.25, -0.2) is 4.39 Å². The van der Waals surface area contributed by atoms with Gasteiger partial charge in [0.25, 0.3) is 5.89 Å². The number of aromatic hydroxyl groups is 1. The average Bonchev–Trinajstić information content (AvgIpc) is 2.89. The summed E-state index contributed by atoms with van der Waals surface area (Å²) in [4.78, 5) is 4.17. The van der Waals surface area contributed by atoms with Gasteiger partial charge in [0.15, 0.2) is 0 Å². The molecular formula is C15H11FN2O2. The number of aromatic nitrogens is 2. The Balaban J connectivity index is 1.99. The lowest BCUT2D eigenvalue weighted by molar-refractivity contribution is 0.429. The van der Waals surface area contributed by atoms with E-state index in [1.807, 2.05) is 6.92 Å². The monoisotopic (exact) mass is 270 g/mol. The van der Waals surface area contributed by atoms with Gasteiger partial charge in [-0.2, -0.15) is 4.98 Å². The summed E-state index contributed by atoms with van der Waals surface area (Å²) in [6.45, 7) is 1.81. The van der Waals surface area contributed by atoms with Crippen molar-refractivity contribution >= 4 is 0 Å². The maximum atomic E-state index is 13.8. The van der Waals surface area contributed by atoms with Gasteiger partial charge in [0.05, 0.1) is 5.56 Å². The van der Waals surface area contributed by atoms with Gasteiger partial charge in [-0.15, -0.1) is 0 Å². The molecule has 0 aliphatic rings. The molecule has 0 unspecified atom stereocenters. The Labute approximate surface area is 114 Å². The van der Waals surface area contributed by atoms with Crippen LogP contribution in [-0.4, -0.2) is 15.2 Å². The highest BCUT2D eigenvalue weighted by atomic mass is 19.1. The van der Waals surface area contributed by atoms with Gasteiger partial charge in [-0.1, -0.05) is 11.2 Å². The fraction of sp³-hybridized carbons (Fsp3) is 0.0667. The zero-order valence-electron chi connectivity index (χ0n) is 10.7. The van der Waals surface area contributed by atoms with Gasteiger partial charge in [-0.3, -0.25) is 0 Å². The average molecular weight is 270 g/mol. The summed E-state index contributed by atoms with van der Waals surface area (Å²) >= 11 is 0. The molecule has 3 aromatic rings. The Hall–Kier alpha value is -2.69. The standard InChI is InChI=1S/C15H11FN2O2/c1-9-2-7-12(13(16)8-9)15-17-14(18-20-15)10-3-5-11(19)6-4-10/h2-8,19H,1H3. The molecule has 0 amide bonds. The summed E-state index contributed by atoms with van der Waals surface area (Å²) < 4.78 is 18.9. The highest BCUT2D eigenvalue weighted by molar-refractivity contribution is 5.60. The van der Waals surface area contributed by atoms with Gasteiger partial charge in [0.2, 0.25) is 5.82 Å². The fourth-order valence-corrected chi connectivity index (χ4v) is 1.85. The second kappa shape index (κ2) is 4.77.